The molecule has 1 unspecified atom stereocenters. The summed E-state index contributed by atoms with van der Waals surface area (Å²) in [4.78, 5) is 11.3. The first kappa shape index (κ1) is 20.2. The highest BCUT2D eigenvalue weighted by atomic mass is 16.5. The molecule has 2 nitrogen and oxygen atoms in total. The summed E-state index contributed by atoms with van der Waals surface area (Å²) in [6, 6.07) is 0. The fraction of sp³-hybridized carbons (Fsp3) is 0.842. The van der Waals surface area contributed by atoms with Crippen molar-refractivity contribution in [1.82, 2.24) is 0 Å². The quantitative estimate of drug-likeness (QED) is 0.221. The number of rotatable bonds is 14. The summed E-state index contributed by atoms with van der Waals surface area (Å²) in [6.07, 6.45) is 14.4. The molecule has 0 amide bonds. The van der Waals surface area contributed by atoms with Crippen molar-refractivity contribution in [3.8, 4) is 0 Å². The van der Waals surface area contributed by atoms with Crippen LogP contribution in [0.5, 0.6) is 0 Å². The highest BCUT2D eigenvalue weighted by Crippen LogP contribution is 2.18. The van der Waals surface area contributed by atoms with Crippen LogP contribution >= 0.6 is 0 Å². The van der Waals surface area contributed by atoms with Crippen LogP contribution in [-0.2, 0) is 9.53 Å². The second kappa shape index (κ2) is 14.2. The maximum atomic E-state index is 11.3. The number of esters is 1. The van der Waals surface area contributed by atoms with Crippen molar-refractivity contribution in [2.75, 3.05) is 6.61 Å². The molecule has 0 spiro atoms. The Morgan fingerprint density at radius 3 is 2.05 bits per heavy atom. The van der Waals surface area contributed by atoms with Gasteiger partial charge in [0.2, 0.25) is 0 Å². The Morgan fingerprint density at radius 2 is 1.52 bits per heavy atom. The third kappa shape index (κ3) is 12.6. The van der Waals surface area contributed by atoms with Crippen LogP contribution in [0.25, 0.3) is 0 Å². The van der Waals surface area contributed by atoms with Gasteiger partial charge in [0.1, 0.15) is 0 Å². The van der Waals surface area contributed by atoms with Crippen LogP contribution in [0.1, 0.15) is 91.4 Å². The standard InChI is InChI=1S/C19H36O2/c1-5-7-8-9-10-11-12-13-14-18(6-2)15-16-21-19(20)17(3)4/h18H,3,5-16H2,1-2,4H3. The Morgan fingerprint density at radius 1 is 0.952 bits per heavy atom. The maximum Gasteiger partial charge on any atom is 0.333 e. The molecule has 0 aliphatic carbocycles. The predicted molar refractivity (Wildman–Crippen MR) is 91.4 cm³/mol. The molecule has 21 heavy (non-hydrogen) atoms. The zero-order valence-corrected chi connectivity index (χ0v) is 14.6. The van der Waals surface area contributed by atoms with Gasteiger partial charge in [-0.1, -0.05) is 84.6 Å². The molecule has 0 saturated heterocycles. The van der Waals surface area contributed by atoms with Crippen LogP contribution in [0.4, 0.5) is 0 Å². The lowest BCUT2D eigenvalue weighted by atomic mass is 9.95. The molecular formula is C19H36O2. The third-order valence-corrected chi connectivity index (χ3v) is 4.15. The minimum absolute atomic E-state index is 0.253. The van der Waals surface area contributed by atoms with Crippen molar-refractivity contribution in [2.45, 2.75) is 91.4 Å². The molecule has 0 rings (SSSR count). The van der Waals surface area contributed by atoms with Crippen LogP contribution in [-0.4, -0.2) is 12.6 Å². The Kier molecular flexibility index (Phi) is 13.6. The highest BCUT2D eigenvalue weighted by molar-refractivity contribution is 5.86. The number of carbonyl (C=O) groups excluding carboxylic acids is 1. The van der Waals surface area contributed by atoms with Crippen molar-refractivity contribution in [3.63, 3.8) is 0 Å². The molecule has 0 aliphatic heterocycles. The predicted octanol–water partition coefficient (Wildman–Crippen LogP) is 6.05. The molecule has 0 aromatic rings. The first-order chi connectivity index (χ1) is 10.1. The molecular weight excluding hydrogens is 260 g/mol. The summed E-state index contributed by atoms with van der Waals surface area (Å²) in [5, 5.41) is 0. The van der Waals surface area contributed by atoms with E-state index in [1.165, 1.54) is 64.2 Å². The molecule has 0 heterocycles. The minimum atomic E-state index is -0.253. The van der Waals surface area contributed by atoms with Crippen LogP contribution < -0.4 is 0 Å². The smallest absolute Gasteiger partial charge is 0.333 e. The van der Waals surface area contributed by atoms with Gasteiger partial charge in [-0.15, -0.1) is 0 Å². The summed E-state index contributed by atoms with van der Waals surface area (Å²) in [6.45, 7) is 10.3. The van der Waals surface area contributed by atoms with Gasteiger partial charge in [0.15, 0.2) is 0 Å². The van der Waals surface area contributed by atoms with E-state index in [1.807, 2.05) is 0 Å². The lowest BCUT2D eigenvalue weighted by Gasteiger charge is -2.14. The van der Waals surface area contributed by atoms with E-state index in [4.69, 9.17) is 4.74 Å². The van der Waals surface area contributed by atoms with Crippen LogP contribution in [0.3, 0.4) is 0 Å². The molecule has 0 aromatic heterocycles. The average Bonchev–Trinajstić information content (AvgIpc) is 2.47. The molecule has 0 radical (unpaired) electrons. The lowest BCUT2D eigenvalue weighted by Crippen LogP contribution is -2.10. The molecule has 2 heteroatoms. The molecule has 0 bridgehead atoms. The zero-order chi connectivity index (χ0) is 15.9. The van der Waals surface area contributed by atoms with Gasteiger partial charge in [-0.3, -0.25) is 0 Å². The lowest BCUT2D eigenvalue weighted by molar-refractivity contribution is -0.139. The van der Waals surface area contributed by atoms with E-state index in [9.17, 15) is 4.79 Å². The van der Waals surface area contributed by atoms with Gasteiger partial charge in [-0.2, -0.15) is 0 Å². The SMILES string of the molecule is C=C(C)C(=O)OCCC(CC)CCCCCCCCCC. The van der Waals surface area contributed by atoms with Gasteiger partial charge in [0, 0.05) is 5.57 Å². The van der Waals surface area contributed by atoms with Crippen LogP contribution in [0.2, 0.25) is 0 Å². The fourth-order valence-corrected chi connectivity index (χ4v) is 2.56. The van der Waals surface area contributed by atoms with Crippen LogP contribution in [0.15, 0.2) is 12.2 Å². The van der Waals surface area contributed by atoms with Crippen molar-refractivity contribution in [3.05, 3.63) is 12.2 Å². The number of ether oxygens (including phenoxy) is 1. The van der Waals surface area contributed by atoms with E-state index >= 15 is 0 Å². The van der Waals surface area contributed by atoms with Gasteiger partial charge in [-0.25, -0.2) is 4.79 Å². The maximum absolute atomic E-state index is 11.3. The second-order valence-corrected chi connectivity index (χ2v) is 6.24. The number of hydrogen-bond donors (Lipinski definition) is 0. The number of carbonyl (C=O) groups is 1. The minimum Gasteiger partial charge on any atom is -0.462 e. The van der Waals surface area contributed by atoms with E-state index in [0.29, 0.717) is 18.1 Å². The Hall–Kier alpha value is -0.790. The normalized spacial score (nSPS) is 12.1. The van der Waals surface area contributed by atoms with E-state index in [0.717, 1.165) is 6.42 Å². The Bertz CT molecular complexity index is 271. The van der Waals surface area contributed by atoms with Gasteiger partial charge in [0.05, 0.1) is 6.61 Å². The molecule has 0 aromatic carbocycles. The summed E-state index contributed by atoms with van der Waals surface area (Å²) in [5.41, 5.74) is 0.492. The number of unbranched alkanes of at least 4 members (excludes halogenated alkanes) is 7. The molecule has 0 saturated carbocycles. The van der Waals surface area contributed by atoms with Gasteiger partial charge in [0.25, 0.3) is 0 Å². The Balaban J connectivity index is 3.49. The summed E-state index contributed by atoms with van der Waals surface area (Å²) < 4.78 is 5.18. The van der Waals surface area contributed by atoms with Crippen LogP contribution in [0, 0.1) is 5.92 Å². The second-order valence-electron chi connectivity index (χ2n) is 6.24. The summed E-state index contributed by atoms with van der Waals surface area (Å²) >= 11 is 0. The molecule has 0 N–H and O–H groups in total. The largest absolute Gasteiger partial charge is 0.462 e. The molecule has 1 atom stereocenters. The molecule has 124 valence electrons. The first-order valence-corrected chi connectivity index (χ1v) is 8.94. The average molecular weight is 296 g/mol. The van der Waals surface area contributed by atoms with E-state index in [-0.39, 0.29) is 5.97 Å². The molecule has 0 aliphatic rings. The summed E-state index contributed by atoms with van der Waals surface area (Å²) in [7, 11) is 0. The van der Waals surface area contributed by atoms with Gasteiger partial charge < -0.3 is 4.74 Å². The third-order valence-electron chi connectivity index (χ3n) is 4.15. The Labute approximate surface area is 132 Å². The van der Waals surface area contributed by atoms with Crippen molar-refractivity contribution < 1.29 is 9.53 Å². The summed E-state index contributed by atoms with van der Waals surface area (Å²) in [5.74, 6) is 0.444. The van der Waals surface area contributed by atoms with Crippen molar-refractivity contribution in [1.29, 1.82) is 0 Å². The van der Waals surface area contributed by atoms with Crippen molar-refractivity contribution in [2.24, 2.45) is 5.92 Å². The monoisotopic (exact) mass is 296 g/mol. The highest BCUT2D eigenvalue weighted by Gasteiger charge is 2.08. The fourth-order valence-electron chi connectivity index (χ4n) is 2.56. The molecule has 0 fully saturated rings. The van der Waals surface area contributed by atoms with Gasteiger partial charge in [-0.05, 0) is 19.3 Å². The van der Waals surface area contributed by atoms with E-state index in [2.05, 4.69) is 20.4 Å². The van der Waals surface area contributed by atoms with Crippen molar-refractivity contribution >= 4 is 5.97 Å². The topological polar surface area (TPSA) is 26.3 Å². The zero-order valence-electron chi connectivity index (χ0n) is 14.6. The van der Waals surface area contributed by atoms with E-state index < -0.39 is 0 Å². The van der Waals surface area contributed by atoms with Gasteiger partial charge >= 0.3 is 5.97 Å². The van der Waals surface area contributed by atoms with E-state index in [1.54, 1.807) is 6.92 Å². The number of hydrogen-bond acceptors (Lipinski definition) is 2. The first-order valence-electron chi connectivity index (χ1n) is 8.94.